The number of rotatable bonds is 4. The third kappa shape index (κ3) is 5.11. The van der Waals surface area contributed by atoms with Crippen LogP contribution < -0.4 is 0 Å². The van der Waals surface area contributed by atoms with Gasteiger partial charge in [0.05, 0.1) is 6.61 Å². The first-order valence-electron chi connectivity index (χ1n) is 5.40. The van der Waals surface area contributed by atoms with Crippen LogP contribution in [0.3, 0.4) is 0 Å². The van der Waals surface area contributed by atoms with E-state index >= 15 is 0 Å². The normalized spacial score (nSPS) is 11.8. The van der Waals surface area contributed by atoms with Crippen LogP contribution >= 0.6 is 0 Å². The molecule has 0 amide bonds. The fourth-order valence-corrected chi connectivity index (χ4v) is 1.26. The van der Waals surface area contributed by atoms with E-state index in [1.54, 1.807) is 25.1 Å². The summed E-state index contributed by atoms with van der Waals surface area (Å²) in [6, 6.07) is 6.15. The maximum atomic E-state index is 12.7. The zero-order valence-corrected chi connectivity index (χ0v) is 9.94. The van der Waals surface area contributed by atoms with Crippen molar-refractivity contribution in [3.05, 3.63) is 53.4 Å². The minimum atomic E-state index is -0.362. The van der Waals surface area contributed by atoms with E-state index in [1.807, 2.05) is 13.0 Å². The Balaban J connectivity index is 2.66. The van der Waals surface area contributed by atoms with E-state index in [9.17, 15) is 9.18 Å². The van der Waals surface area contributed by atoms with E-state index in [4.69, 9.17) is 4.74 Å². The molecule has 90 valence electrons. The molecule has 3 heteroatoms. The molecule has 0 aliphatic heterocycles. The molecule has 0 aliphatic carbocycles. The van der Waals surface area contributed by atoms with Crippen molar-refractivity contribution in [3.63, 3.8) is 0 Å². The predicted molar refractivity (Wildman–Crippen MR) is 65.8 cm³/mol. The van der Waals surface area contributed by atoms with Crippen LogP contribution in [-0.2, 0) is 9.53 Å². The van der Waals surface area contributed by atoms with Gasteiger partial charge in [-0.15, -0.1) is 0 Å². The van der Waals surface area contributed by atoms with Gasteiger partial charge >= 0.3 is 5.97 Å². The second-order valence-corrected chi connectivity index (χ2v) is 3.53. The second-order valence-electron chi connectivity index (χ2n) is 3.53. The number of hydrogen-bond donors (Lipinski definition) is 0. The molecule has 0 heterocycles. The molecule has 0 fully saturated rings. The van der Waals surface area contributed by atoms with Gasteiger partial charge in [-0.1, -0.05) is 29.9 Å². The van der Waals surface area contributed by atoms with Gasteiger partial charge in [-0.3, -0.25) is 0 Å². The molecule has 0 saturated heterocycles. The zero-order chi connectivity index (χ0) is 12.7. The summed E-state index contributed by atoms with van der Waals surface area (Å²) in [5.74, 6) is -0.624. The third-order valence-electron chi connectivity index (χ3n) is 2.03. The summed E-state index contributed by atoms with van der Waals surface area (Å²) in [5.41, 5.74) is 1.78. The minimum absolute atomic E-state index is 0.262. The van der Waals surface area contributed by atoms with Crippen LogP contribution in [0.2, 0.25) is 0 Å². The van der Waals surface area contributed by atoms with Crippen molar-refractivity contribution >= 4 is 12.0 Å². The first-order valence-corrected chi connectivity index (χ1v) is 5.40. The van der Waals surface area contributed by atoms with Crippen LogP contribution in [0.4, 0.5) is 4.39 Å². The average Bonchev–Trinajstić information content (AvgIpc) is 2.30. The summed E-state index contributed by atoms with van der Waals surface area (Å²) in [5, 5.41) is 0. The Bertz CT molecular complexity index is 430. The molecular weight excluding hydrogens is 219 g/mol. The van der Waals surface area contributed by atoms with Crippen LogP contribution in [0.15, 0.2) is 42.0 Å². The van der Waals surface area contributed by atoms with Gasteiger partial charge in [-0.05, 0) is 31.5 Å². The molecular formula is C14H15FO2. The number of halogens is 1. The fraction of sp³-hybridized carbons (Fsp3) is 0.214. The van der Waals surface area contributed by atoms with Crippen molar-refractivity contribution in [2.45, 2.75) is 13.8 Å². The highest BCUT2D eigenvalue weighted by atomic mass is 19.1. The summed E-state index contributed by atoms with van der Waals surface area (Å²) < 4.78 is 17.4. The van der Waals surface area contributed by atoms with Gasteiger partial charge in [0, 0.05) is 6.08 Å². The lowest BCUT2D eigenvalue weighted by Crippen LogP contribution is -1.98. The minimum Gasteiger partial charge on any atom is -0.463 e. The predicted octanol–water partition coefficient (Wildman–Crippen LogP) is 3.35. The van der Waals surface area contributed by atoms with E-state index in [0.717, 1.165) is 11.1 Å². The highest BCUT2D eigenvalue weighted by molar-refractivity contribution is 5.82. The number of benzene rings is 1. The highest BCUT2D eigenvalue weighted by Crippen LogP contribution is 2.08. The number of carbonyl (C=O) groups is 1. The van der Waals surface area contributed by atoms with Gasteiger partial charge < -0.3 is 4.74 Å². The van der Waals surface area contributed by atoms with Gasteiger partial charge in [0.15, 0.2) is 0 Å². The van der Waals surface area contributed by atoms with Crippen molar-refractivity contribution in [2.24, 2.45) is 0 Å². The third-order valence-corrected chi connectivity index (χ3v) is 2.03. The van der Waals surface area contributed by atoms with Crippen LogP contribution in [0.25, 0.3) is 6.08 Å². The SMILES string of the molecule is CCOC(=O)/C=C/C(C)=C/c1ccc(F)cc1. The van der Waals surface area contributed by atoms with Crippen molar-refractivity contribution in [1.82, 2.24) is 0 Å². The molecule has 0 atom stereocenters. The molecule has 17 heavy (non-hydrogen) atoms. The number of ether oxygens (including phenoxy) is 1. The lowest BCUT2D eigenvalue weighted by Gasteiger charge is -1.97. The quantitative estimate of drug-likeness (QED) is 0.453. The van der Waals surface area contributed by atoms with Crippen LogP contribution in [0.1, 0.15) is 19.4 Å². The number of carbonyl (C=O) groups excluding carboxylic acids is 1. The molecule has 0 aromatic heterocycles. The van der Waals surface area contributed by atoms with E-state index in [1.165, 1.54) is 18.2 Å². The van der Waals surface area contributed by atoms with Crippen LogP contribution in [-0.4, -0.2) is 12.6 Å². The lowest BCUT2D eigenvalue weighted by molar-refractivity contribution is -0.137. The van der Waals surface area contributed by atoms with E-state index in [0.29, 0.717) is 6.61 Å². The summed E-state index contributed by atoms with van der Waals surface area (Å²) in [6.45, 7) is 3.98. The number of hydrogen-bond acceptors (Lipinski definition) is 2. The van der Waals surface area contributed by atoms with Gasteiger partial charge in [0.1, 0.15) is 5.82 Å². The fourth-order valence-electron chi connectivity index (χ4n) is 1.26. The molecule has 1 rings (SSSR count). The summed E-state index contributed by atoms with van der Waals surface area (Å²) >= 11 is 0. The van der Waals surface area contributed by atoms with Gasteiger partial charge in [-0.25, -0.2) is 9.18 Å². The molecule has 0 spiro atoms. The Kier molecular flexibility index (Phi) is 5.14. The number of allylic oxidation sites excluding steroid dienone is 2. The van der Waals surface area contributed by atoms with Crippen molar-refractivity contribution in [2.75, 3.05) is 6.61 Å². The molecule has 0 saturated carbocycles. The Labute approximate surface area is 100 Å². The maximum Gasteiger partial charge on any atom is 0.330 e. The monoisotopic (exact) mass is 234 g/mol. The van der Waals surface area contributed by atoms with Gasteiger partial charge in [0.25, 0.3) is 0 Å². The summed E-state index contributed by atoms with van der Waals surface area (Å²) in [7, 11) is 0. The lowest BCUT2D eigenvalue weighted by atomic mass is 10.1. The maximum absolute atomic E-state index is 12.7. The van der Waals surface area contributed by atoms with Crippen LogP contribution in [0.5, 0.6) is 0 Å². The Morgan fingerprint density at radius 2 is 1.94 bits per heavy atom. The van der Waals surface area contributed by atoms with Crippen LogP contribution in [0, 0.1) is 5.82 Å². The number of esters is 1. The largest absolute Gasteiger partial charge is 0.463 e. The molecule has 0 radical (unpaired) electrons. The summed E-state index contributed by atoms with van der Waals surface area (Å²) in [4.78, 5) is 11.1. The first-order chi connectivity index (χ1) is 8.11. The smallest absolute Gasteiger partial charge is 0.330 e. The Morgan fingerprint density at radius 1 is 1.29 bits per heavy atom. The average molecular weight is 234 g/mol. The standard InChI is InChI=1S/C14H15FO2/c1-3-17-14(16)9-4-11(2)10-12-5-7-13(15)8-6-12/h4-10H,3H2,1-2H3/b9-4+,11-10+. The van der Waals surface area contributed by atoms with E-state index in [2.05, 4.69) is 0 Å². The Hall–Kier alpha value is -1.90. The van der Waals surface area contributed by atoms with Crippen molar-refractivity contribution in [3.8, 4) is 0 Å². The van der Waals surface area contributed by atoms with E-state index < -0.39 is 0 Å². The second kappa shape index (κ2) is 6.63. The molecule has 1 aromatic rings. The molecule has 0 unspecified atom stereocenters. The van der Waals surface area contributed by atoms with Gasteiger partial charge in [-0.2, -0.15) is 0 Å². The molecule has 2 nitrogen and oxygen atoms in total. The van der Waals surface area contributed by atoms with Gasteiger partial charge in [0.2, 0.25) is 0 Å². The van der Waals surface area contributed by atoms with Crippen molar-refractivity contribution < 1.29 is 13.9 Å². The molecule has 0 N–H and O–H groups in total. The molecule has 0 aliphatic rings. The molecule has 0 bridgehead atoms. The first kappa shape index (κ1) is 13.2. The van der Waals surface area contributed by atoms with Crippen molar-refractivity contribution in [1.29, 1.82) is 0 Å². The summed E-state index contributed by atoms with van der Waals surface area (Å²) in [6.07, 6.45) is 4.90. The zero-order valence-electron chi connectivity index (χ0n) is 9.94. The Morgan fingerprint density at radius 3 is 2.53 bits per heavy atom. The van der Waals surface area contributed by atoms with E-state index in [-0.39, 0.29) is 11.8 Å². The highest BCUT2D eigenvalue weighted by Gasteiger charge is 1.94. The molecule has 1 aromatic carbocycles. The topological polar surface area (TPSA) is 26.3 Å².